The summed E-state index contributed by atoms with van der Waals surface area (Å²) >= 11 is 0. The molecule has 0 unspecified atom stereocenters. The van der Waals surface area contributed by atoms with E-state index in [0.29, 0.717) is 32.7 Å². The summed E-state index contributed by atoms with van der Waals surface area (Å²) in [6.45, 7) is 8.68. The highest BCUT2D eigenvalue weighted by Crippen LogP contribution is 2.26. The van der Waals surface area contributed by atoms with Crippen LogP contribution in [0, 0.1) is 5.92 Å². The minimum atomic E-state index is -0.514. The summed E-state index contributed by atoms with van der Waals surface area (Å²) in [5.74, 6) is 0.293. The molecule has 2 aliphatic rings. The number of hydrogen-bond acceptors (Lipinski definition) is 6. The van der Waals surface area contributed by atoms with Gasteiger partial charge in [-0.05, 0) is 52.0 Å². The number of carbonyl (C=O) groups is 3. The first-order valence-electron chi connectivity index (χ1n) is 11.9. The Hall–Kier alpha value is -2.61. The first-order chi connectivity index (χ1) is 15.7. The predicted molar refractivity (Wildman–Crippen MR) is 125 cm³/mol. The van der Waals surface area contributed by atoms with Gasteiger partial charge < -0.3 is 19.7 Å². The molecule has 1 N–H and O–H groups in total. The van der Waals surface area contributed by atoms with Gasteiger partial charge in [0, 0.05) is 38.1 Å². The Morgan fingerprint density at radius 3 is 2.21 bits per heavy atom. The topological polar surface area (TPSA) is 88.2 Å². The molecule has 3 rings (SSSR count). The average molecular weight is 460 g/mol. The summed E-state index contributed by atoms with van der Waals surface area (Å²) in [6.07, 6.45) is 2.45. The van der Waals surface area contributed by atoms with Gasteiger partial charge in [0.2, 0.25) is 0 Å². The molecule has 1 aromatic carbocycles. The molecule has 1 heterocycles. The van der Waals surface area contributed by atoms with Gasteiger partial charge in [0.25, 0.3) is 0 Å². The molecule has 1 saturated heterocycles. The van der Waals surface area contributed by atoms with Crippen LogP contribution in [-0.2, 0) is 20.9 Å². The van der Waals surface area contributed by atoms with Crippen LogP contribution in [0.1, 0.15) is 52.0 Å². The van der Waals surface area contributed by atoms with Crippen LogP contribution < -0.4 is 5.32 Å². The standard InChI is InChI=1S/C25H37N3O5/c1-25(2,3)33-23(30)26-21-11-9-20(10-12-21)22(29)17-27-13-15-28(16-14-27)24(31)32-18-19-7-5-4-6-8-19/h4-8,20-21H,9-18H2,1-3H3,(H,26,30). The van der Waals surface area contributed by atoms with Crippen molar-refractivity contribution in [1.82, 2.24) is 15.1 Å². The van der Waals surface area contributed by atoms with Crippen molar-refractivity contribution in [2.75, 3.05) is 32.7 Å². The molecule has 1 aromatic rings. The molecule has 2 fully saturated rings. The van der Waals surface area contributed by atoms with E-state index in [2.05, 4.69) is 10.2 Å². The fourth-order valence-electron chi connectivity index (χ4n) is 4.28. The van der Waals surface area contributed by atoms with Crippen LogP contribution in [0.15, 0.2) is 30.3 Å². The van der Waals surface area contributed by atoms with E-state index in [1.54, 1.807) is 4.90 Å². The maximum Gasteiger partial charge on any atom is 0.410 e. The third-order valence-electron chi connectivity index (χ3n) is 6.12. The smallest absolute Gasteiger partial charge is 0.410 e. The second kappa shape index (κ2) is 11.5. The van der Waals surface area contributed by atoms with Crippen molar-refractivity contribution in [2.45, 2.75) is 64.7 Å². The highest BCUT2D eigenvalue weighted by atomic mass is 16.6. The van der Waals surface area contributed by atoms with Crippen molar-refractivity contribution in [3.63, 3.8) is 0 Å². The van der Waals surface area contributed by atoms with Crippen LogP contribution in [0.25, 0.3) is 0 Å². The number of ketones is 1. The van der Waals surface area contributed by atoms with Gasteiger partial charge in [-0.1, -0.05) is 30.3 Å². The monoisotopic (exact) mass is 459 g/mol. The summed E-state index contributed by atoms with van der Waals surface area (Å²) in [6, 6.07) is 9.69. The third kappa shape index (κ3) is 8.35. The van der Waals surface area contributed by atoms with Gasteiger partial charge in [0.1, 0.15) is 18.0 Å². The van der Waals surface area contributed by atoms with Crippen molar-refractivity contribution in [3.05, 3.63) is 35.9 Å². The molecule has 0 spiro atoms. The van der Waals surface area contributed by atoms with E-state index in [9.17, 15) is 14.4 Å². The van der Waals surface area contributed by atoms with Crippen molar-refractivity contribution >= 4 is 18.0 Å². The van der Waals surface area contributed by atoms with Crippen molar-refractivity contribution < 1.29 is 23.9 Å². The zero-order valence-corrected chi connectivity index (χ0v) is 20.0. The Balaban J connectivity index is 1.32. The van der Waals surface area contributed by atoms with Gasteiger partial charge >= 0.3 is 12.2 Å². The third-order valence-corrected chi connectivity index (χ3v) is 6.12. The molecule has 0 aromatic heterocycles. The van der Waals surface area contributed by atoms with E-state index < -0.39 is 11.7 Å². The summed E-state index contributed by atoms with van der Waals surface area (Å²) in [4.78, 5) is 40.9. The molecule has 182 valence electrons. The molecule has 1 saturated carbocycles. The molecule has 8 heteroatoms. The molecule has 1 aliphatic heterocycles. The van der Waals surface area contributed by atoms with Crippen molar-refractivity contribution in [3.8, 4) is 0 Å². The van der Waals surface area contributed by atoms with E-state index in [1.165, 1.54) is 0 Å². The van der Waals surface area contributed by atoms with Gasteiger partial charge in [-0.15, -0.1) is 0 Å². The zero-order chi connectivity index (χ0) is 23.8. The summed E-state index contributed by atoms with van der Waals surface area (Å²) < 4.78 is 10.7. The summed E-state index contributed by atoms with van der Waals surface area (Å²) in [7, 11) is 0. The number of alkyl carbamates (subject to hydrolysis) is 1. The maximum absolute atomic E-state index is 12.8. The van der Waals surface area contributed by atoms with Crippen LogP contribution in [-0.4, -0.2) is 72.1 Å². The second-order valence-corrected chi connectivity index (χ2v) is 9.96. The number of hydrogen-bond donors (Lipinski definition) is 1. The number of nitrogens with zero attached hydrogens (tertiary/aromatic N) is 2. The number of rotatable bonds is 6. The lowest BCUT2D eigenvalue weighted by molar-refractivity contribution is -0.125. The summed E-state index contributed by atoms with van der Waals surface area (Å²) in [5, 5.41) is 2.92. The Kier molecular flexibility index (Phi) is 8.72. The van der Waals surface area contributed by atoms with Crippen LogP contribution >= 0.6 is 0 Å². The Bertz CT molecular complexity index is 792. The zero-order valence-electron chi connectivity index (χ0n) is 20.0. The molecule has 2 amide bonds. The van der Waals surface area contributed by atoms with E-state index in [1.807, 2.05) is 51.1 Å². The molecule has 0 radical (unpaired) electrons. The SMILES string of the molecule is CC(C)(C)OC(=O)NC1CCC(C(=O)CN2CCN(C(=O)OCc3ccccc3)CC2)CC1. The van der Waals surface area contributed by atoms with Crippen LogP contribution in [0.3, 0.4) is 0 Å². The normalized spacial score (nSPS) is 21.8. The number of Topliss-reactive ketones (excluding diaryl/α,β-unsaturated/α-hetero) is 1. The van der Waals surface area contributed by atoms with Gasteiger partial charge in [-0.3, -0.25) is 9.69 Å². The number of carbonyl (C=O) groups excluding carboxylic acids is 3. The lowest BCUT2D eigenvalue weighted by Gasteiger charge is -2.35. The van der Waals surface area contributed by atoms with E-state index in [-0.39, 0.29) is 30.4 Å². The van der Waals surface area contributed by atoms with Crippen LogP contribution in [0.2, 0.25) is 0 Å². The molecule has 33 heavy (non-hydrogen) atoms. The first kappa shape index (κ1) is 25.0. The average Bonchev–Trinajstić information content (AvgIpc) is 2.78. The van der Waals surface area contributed by atoms with Crippen molar-refractivity contribution in [2.24, 2.45) is 5.92 Å². The lowest BCUT2D eigenvalue weighted by atomic mass is 9.83. The largest absolute Gasteiger partial charge is 0.445 e. The van der Waals surface area contributed by atoms with Crippen molar-refractivity contribution in [1.29, 1.82) is 0 Å². The van der Waals surface area contributed by atoms with Gasteiger partial charge in [-0.25, -0.2) is 9.59 Å². The molecule has 0 atom stereocenters. The van der Waals surface area contributed by atoms with E-state index >= 15 is 0 Å². The minimum absolute atomic E-state index is 0.0375. The second-order valence-electron chi connectivity index (χ2n) is 9.96. The van der Waals surface area contributed by atoms with E-state index in [4.69, 9.17) is 9.47 Å². The highest BCUT2D eigenvalue weighted by Gasteiger charge is 2.30. The quantitative estimate of drug-likeness (QED) is 0.699. The number of ether oxygens (including phenoxy) is 2. The van der Waals surface area contributed by atoms with Gasteiger partial charge in [0.05, 0.1) is 6.54 Å². The van der Waals surface area contributed by atoms with Crippen LogP contribution in [0.5, 0.6) is 0 Å². The Morgan fingerprint density at radius 2 is 1.61 bits per heavy atom. The van der Waals surface area contributed by atoms with Gasteiger partial charge in [-0.2, -0.15) is 0 Å². The number of benzene rings is 1. The Morgan fingerprint density at radius 1 is 0.970 bits per heavy atom. The Labute approximate surface area is 196 Å². The summed E-state index contributed by atoms with van der Waals surface area (Å²) in [5.41, 5.74) is 0.450. The predicted octanol–water partition coefficient (Wildman–Crippen LogP) is 3.59. The fourth-order valence-corrected chi connectivity index (χ4v) is 4.28. The molecular weight excluding hydrogens is 422 g/mol. The highest BCUT2D eigenvalue weighted by molar-refractivity contribution is 5.83. The van der Waals surface area contributed by atoms with Crippen LogP contribution in [0.4, 0.5) is 9.59 Å². The molecule has 0 bridgehead atoms. The number of nitrogens with one attached hydrogen (secondary N) is 1. The maximum atomic E-state index is 12.8. The number of piperazine rings is 1. The first-order valence-corrected chi connectivity index (χ1v) is 11.9. The van der Waals surface area contributed by atoms with E-state index in [0.717, 1.165) is 31.2 Å². The molecule has 8 nitrogen and oxygen atoms in total. The lowest BCUT2D eigenvalue weighted by Crippen LogP contribution is -2.50. The number of amides is 2. The minimum Gasteiger partial charge on any atom is -0.445 e. The molecular formula is C25H37N3O5. The fraction of sp³-hybridized carbons (Fsp3) is 0.640. The molecule has 1 aliphatic carbocycles. The van der Waals surface area contributed by atoms with Gasteiger partial charge in [0.15, 0.2) is 0 Å².